The molecule has 2 amide bonds. The average Bonchev–Trinajstić information content (AvgIpc) is 3.22. The highest BCUT2D eigenvalue weighted by atomic mass is 16.5. The summed E-state index contributed by atoms with van der Waals surface area (Å²) in [6.45, 7) is 0.140. The first-order valence-electron chi connectivity index (χ1n) is 9.78. The fraction of sp³-hybridized carbons (Fsp3) is 0.300. The van der Waals surface area contributed by atoms with E-state index in [9.17, 15) is 24.0 Å². The van der Waals surface area contributed by atoms with Gasteiger partial charge in [0, 0.05) is 26.9 Å². The zero-order valence-corrected chi connectivity index (χ0v) is 17.4. The molecule has 3 heterocycles. The largest absolute Gasteiger partial charge is 0.460 e. The Kier molecular flexibility index (Phi) is 5.34. The van der Waals surface area contributed by atoms with Crippen molar-refractivity contribution in [2.45, 2.75) is 19.4 Å². The molecule has 1 aliphatic heterocycles. The molecule has 0 atom stereocenters. The Morgan fingerprint density at radius 2 is 1.78 bits per heavy atom. The van der Waals surface area contributed by atoms with Crippen molar-refractivity contribution in [3.8, 4) is 0 Å². The third-order valence-corrected chi connectivity index (χ3v) is 5.20. The van der Waals surface area contributed by atoms with Crippen molar-refractivity contribution in [1.82, 2.24) is 24.1 Å². The quantitative estimate of drug-likeness (QED) is 0.526. The number of aromatic nitrogens is 4. The molecule has 1 saturated heterocycles. The lowest BCUT2D eigenvalue weighted by Crippen LogP contribution is -2.50. The summed E-state index contributed by atoms with van der Waals surface area (Å²) >= 11 is 0. The van der Waals surface area contributed by atoms with Gasteiger partial charge in [0.25, 0.3) is 5.56 Å². The number of carbonyl (C=O) groups is 3. The number of aryl methyl sites for hydroxylation is 1. The highest BCUT2D eigenvalue weighted by Gasteiger charge is 2.24. The van der Waals surface area contributed by atoms with Crippen LogP contribution in [0.4, 0.5) is 5.69 Å². The molecule has 0 radical (unpaired) electrons. The van der Waals surface area contributed by atoms with Crippen molar-refractivity contribution >= 4 is 34.6 Å². The Morgan fingerprint density at radius 3 is 2.50 bits per heavy atom. The first kappa shape index (κ1) is 21.0. The Balaban J connectivity index is 1.43. The van der Waals surface area contributed by atoms with Crippen LogP contribution in [0.3, 0.4) is 0 Å². The van der Waals surface area contributed by atoms with E-state index < -0.39 is 17.2 Å². The second kappa shape index (κ2) is 8.13. The molecule has 1 fully saturated rings. The van der Waals surface area contributed by atoms with E-state index in [-0.39, 0.29) is 54.5 Å². The van der Waals surface area contributed by atoms with Crippen LogP contribution in [0.15, 0.2) is 40.2 Å². The molecule has 12 heteroatoms. The number of ether oxygens (including phenoxy) is 1. The van der Waals surface area contributed by atoms with Crippen molar-refractivity contribution in [2.24, 2.45) is 14.1 Å². The topological polar surface area (TPSA) is 138 Å². The third-order valence-electron chi connectivity index (χ3n) is 5.20. The van der Waals surface area contributed by atoms with Crippen LogP contribution in [0, 0.1) is 0 Å². The highest BCUT2D eigenvalue weighted by Crippen LogP contribution is 2.18. The Morgan fingerprint density at radius 1 is 1.06 bits per heavy atom. The summed E-state index contributed by atoms with van der Waals surface area (Å²) in [5.74, 6) is -1.08. The van der Waals surface area contributed by atoms with Crippen LogP contribution in [0.5, 0.6) is 0 Å². The van der Waals surface area contributed by atoms with E-state index in [4.69, 9.17) is 4.74 Å². The number of nitrogens with zero attached hydrogens (tertiary/aromatic N) is 5. The van der Waals surface area contributed by atoms with Crippen LogP contribution in [-0.2, 0) is 35.0 Å². The van der Waals surface area contributed by atoms with E-state index in [0.29, 0.717) is 5.69 Å². The summed E-state index contributed by atoms with van der Waals surface area (Å²) in [5.41, 5.74) is 2.71. The van der Waals surface area contributed by atoms with Crippen LogP contribution < -0.4 is 21.7 Å². The van der Waals surface area contributed by atoms with Crippen molar-refractivity contribution in [2.75, 3.05) is 11.6 Å². The molecule has 2 aromatic heterocycles. The summed E-state index contributed by atoms with van der Waals surface area (Å²) in [5, 5.41) is 1.15. The zero-order valence-electron chi connectivity index (χ0n) is 17.4. The number of imidazole rings is 1. The van der Waals surface area contributed by atoms with Gasteiger partial charge in [0.15, 0.2) is 11.2 Å². The molecule has 0 unspecified atom stereocenters. The van der Waals surface area contributed by atoms with Gasteiger partial charge in [-0.05, 0) is 24.3 Å². The molecule has 0 aliphatic carbocycles. The maximum absolute atomic E-state index is 12.4. The van der Waals surface area contributed by atoms with Crippen molar-refractivity contribution < 1.29 is 19.1 Å². The summed E-state index contributed by atoms with van der Waals surface area (Å²) in [7, 11) is 2.90. The molecule has 0 saturated carbocycles. The lowest BCUT2D eigenvalue weighted by molar-refractivity contribution is -0.130. The van der Waals surface area contributed by atoms with Crippen molar-refractivity contribution in [3.63, 3.8) is 0 Å². The van der Waals surface area contributed by atoms with Crippen LogP contribution in [0.25, 0.3) is 11.2 Å². The van der Waals surface area contributed by atoms with E-state index in [1.807, 2.05) is 0 Å². The predicted molar refractivity (Wildman–Crippen MR) is 112 cm³/mol. The van der Waals surface area contributed by atoms with E-state index in [1.54, 1.807) is 0 Å². The lowest BCUT2D eigenvalue weighted by atomic mass is 10.2. The molecule has 0 spiro atoms. The molecule has 1 aliphatic rings. The fourth-order valence-corrected chi connectivity index (χ4v) is 3.42. The van der Waals surface area contributed by atoms with E-state index in [2.05, 4.69) is 10.4 Å². The van der Waals surface area contributed by atoms with E-state index in [1.165, 1.54) is 53.8 Å². The number of hydrazine groups is 1. The number of fused-ring (bicyclic) bond motifs is 1. The molecule has 1 N–H and O–H groups in total. The Bertz CT molecular complexity index is 1350. The number of benzene rings is 1. The summed E-state index contributed by atoms with van der Waals surface area (Å²) in [6, 6.07) is 6.05. The molecular formula is C20H20N6O6. The summed E-state index contributed by atoms with van der Waals surface area (Å²) in [4.78, 5) is 64.4. The first-order chi connectivity index (χ1) is 15.3. The van der Waals surface area contributed by atoms with Crippen molar-refractivity contribution in [3.05, 3.63) is 57.0 Å². The normalized spacial score (nSPS) is 14.0. The van der Waals surface area contributed by atoms with Gasteiger partial charge in [0.05, 0.1) is 24.1 Å². The third kappa shape index (κ3) is 3.66. The molecule has 166 valence electrons. The van der Waals surface area contributed by atoms with Crippen LogP contribution in [-0.4, -0.2) is 43.1 Å². The first-order valence-corrected chi connectivity index (χ1v) is 9.78. The average molecular weight is 440 g/mol. The second-order valence-corrected chi connectivity index (χ2v) is 7.26. The molecule has 0 bridgehead atoms. The van der Waals surface area contributed by atoms with Gasteiger partial charge in [-0.1, -0.05) is 0 Å². The monoisotopic (exact) mass is 440 g/mol. The van der Waals surface area contributed by atoms with E-state index in [0.717, 1.165) is 9.58 Å². The van der Waals surface area contributed by atoms with E-state index >= 15 is 0 Å². The SMILES string of the molecule is Cn1c(=O)c2c(ncn2CCOC(=O)c2ccc(N3NC(=O)CCC3=O)cc2)n(C)c1=O. The standard InChI is InChI=1S/C20H20N6O6/c1-23-17-16(18(29)24(2)20(23)31)25(11-21-17)9-10-32-19(30)12-3-5-13(6-4-12)26-15(28)8-7-14(27)22-26/h3-6,11H,7-10H2,1-2H3,(H,22,27). The van der Waals surface area contributed by atoms with Gasteiger partial charge >= 0.3 is 11.7 Å². The van der Waals surface area contributed by atoms with Crippen molar-refractivity contribution in [1.29, 1.82) is 0 Å². The van der Waals surface area contributed by atoms with Gasteiger partial charge in [-0.2, -0.15) is 0 Å². The summed E-state index contributed by atoms with van der Waals surface area (Å²) in [6.07, 6.45) is 1.68. The Labute approximate surface area is 180 Å². The van der Waals surface area contributed by atoms with Crippen LogP contribution in [0.1, 0.15) is 23.2 Å². The minimum absolute atomic E-state index is 0.0291. The van der Waals surface area contributed by atoms with Crippen LogP contribution in [0.2, 0.25) is 0 Å². The minimum atomic E-state index is -0.588. The minimum Gasteiger partial charge on any atom is -0.460 e. The number of amides is 2. The molecular weight excluding hydrogens is 420 g/mol. The lowest BCUT2D eigenvalue weighted by Gasteiger charge is -2.27. The molecule has 32 heavy (non-hydrogen) atoms. The Hall–Kier alpha value is -4.22. The molecule has 4 rings (SSSR count). The van der Waals surface area contributed by atoms with Gasteiger partial charge < -0.3 is 9.30 Å². The smallest absolute Gasteiger partial charge is 0.338 e. The predicted octanol–water partition coefficient (Wildman–Crippen LogP) is -0.551. The second-order valence-electron chi connectivity index (χ2n) is 7.26. The molecule has 12 nitrogen and oxygen atoms in total. The number of nitrogens with one attached hydrogen (secondary N) is 1. The highest BCUT2D eigenvalue weighted by molar-refractivity contribution is 6.01. The fourth-order valence-electron chi connectivity index (χ4n) is 3.42. The zero-order chi connectivity index (χ0) is 23.0. The number of hydrogen-bond donors (Lipinski definition) is 1. The molecule has 3 aromatic rings. The van der Waals surface area contributed by atoms with Gasteiger partial charge in [-0.3, -0.25) is 28.9 Å². The summed E-state index contributed by atoms with van der Waals surface area (Å²) < 4.78 is 9.07. The number of hydrogen-bond acceptors (Lipinski definition) is 7. The van der Waals surface area contributed by atoms with Gasteiger partial charge in [-0.25, -0.2) is 19.6 Å². The van der Waals surface area contributed by atoms with Crippen LogP contribution >= 0.6 is 0 Å². The van der Waals surface area contributed by atoms with Gasteiger partial charge in [-0.15, -0.1) is 0 Å². The number of anilines is 1. The maximum Gasteiger partial charge on any atom is 0.338 e. The maximum atomic E-state index is 12.4. The number of esters is 1. The number of carbonyl (C=O) groups excluding carboxylic acids is 3. The number of rotatable bonds is 5. The molecule has 1 aromatic carbocycles. The van der Waals surface area contributed by atoms with Gasteiger partial charge in [0.1, 0.15) is 6.61 Å². The van der Waals surface area contributed by atoms with Gasteiger partial charge in [0.2, 0.25) is 11.8 Å².